The molecule has 2 aromatic carbocycles. The van der Waals surface area contributed by atoms with E-state index in [1.165, 1.54) is 12.1 Å². The minimum atomic E-state index is -4.37. The van der Waals surface area contributed by atoms with Gasteiger partial charge in [0.2, 0.25) is 12.2 Å². The predicted molar refractivity (Wildman–Crippen MR) is 110 cm³/mol. The van der Waals surface area contributed by atoms with Gasteiger partial charge in [0.25, 0.3) is 10.1 Å². The number of oxime groups is 1. The topological polar surface area (TPSA) is 160 Å². The number of sulfone groups is 1. The Labute approximate surface area is 175 Å². The summed E-state index contributed by atoms with van der Waals surface area (Å²) in [6.45, 7) is 1.47. The number of para-hydroxylation sites is 1. The zero-order chi connectivity index (χ0) is 22.4. The molecule has 0 aliphatic rings. The fourth-order valence-corrected chi connectivity index (χ4v) is 4.26. The van der Waals surface area contributed by atoms with Crippen LogP contribution in [0.3, 0.4) is 0 Å². The average Bonchev–Trinajstić information content (AvgIpc) is 2.64. The first kappa shape index (κ1) is 23.4. The molecule has 0 amide bonds. The van der Waals surface area contributed by atoms with Crippen molar-refractivity contribution in [2.45, 2.75) is 29.4 Å². The van der Waals surface area contributed by atoms with Crippen molar-refractivity contribution in [2.24, 2.45) is 16.6 Å². The van der Waals surface area contributed by atoms with Crippen molar-refractivity contribution in [1.29, 1.82) is 0 Å². The number of hydrogen-bond donors (Lipinski definition) is 2. The lowest BCUT2D eigenvalue weighted by molar-refractivity contribution is -0.0171. The molecule has 30 heavy (non-hydrogen) atoms. The van der Waals surface area contributed by atoms with Crippen LogP contribution in [-0.4, -0.2) is 41.9 Å². The monoisotopic (exact) mass is 457 g/mol. The van der Waals surface area contributed by atoms with Crippen LogP contribution in [-0.2, 0) is 29.0 Å². The van der Waals surface area contributed by atoms with Crippen molar-refractivity contribution in [3.05, 3.63) is 54.1 Å². The van der Waals surface area contributed by atoms with Gasteiger partial charge in [-0.15, -0.1) is 0 Å². The second-order valence-corrected chi connectivity index (χ2v) is 9.89. The molecule has 2 aromatic rings. The average molecular weight is 458 g/mol. The van der Waals surface area contributed by atoms with Crippen LogP contribution in [0.15, 0.2) is 63.5 Å². The molecule has 12 heteroatoms. The van der Waals surface area contributed by atoms with E-state index in [-0.39, 0.29) is 28.8 Å². The molecule has 10 nitrogen and oxygen atoms in total. The van der Waals surface area contributed by atoms with E-state index in [9.17, 15) is 16.8 Å². The summed E-state index contributed by atoms with van der Waals surface area (Å²) < 4.78 is 60.1. The van der Waals surface area contributed by atoms with Crippen molar-refractivity contribution in [2.75, 3.05) is 12.9 Å². The van der Waals surface area contributed by atoms with Gasteiger partial charge in [0.05, 0.1) is 9.79 Å². The normalized spacial score (nSPS) is 12.7. The number of ether oxygens (including phenoxy) is 1. The van der Waals surface area contributed by atoms with Gasteiger partial charge in [-0.1, -0.05) is 18.2 Å². The van der Waals surface area contributed by atoms with Crippen molar-refractivity contribution >= 4 is 25.9 Å². The molecular formula is C18H23N3O7S2. The quantitative estimate of drug-likeness (QED) is 0.133. The van der Waals surface area contributed by atoms with E-state index >= 15 is 0 Å². The summed E-state index contributed by atoms with van der Waals surface area (Å²) in [5.41, 5.74) is 10.8. The zero-order valence-corrected chi connectivity index (χ0v) is 18.0. The molecule has 4 N–H and O–H groups in total. The van der Waals surface area contributed by atoms with Crippen LogP contribution in [0.25, 0.3) is 0 Å². The van der Waals surface area contributed by atoms with Gasteiger partial charge in [-0.05, 0) is 48.0 Å². The molecule has 0 saturated carbocycles. The Bertz CT molecular complexity index is 1100. The molecule has 0 fully saturated rings. The maximum atomic E-state index is 12.8. The van der Waals surface area contributed by atoms with Gasteiger partial charge in [0.1, 0.15) is 12.4 Å². The predicted octanol–water partition coefficient (Wildman–Crippen LogP) is 1.10. The van der Waals surface area contributed by atoms with Crippen molar-refractivity contribution in [3.63, 3.8) is 0 Å². The van der Waals surface area contributed by atoms with E-state index in [2.05, 4.69) is 5.16 Å². The van der Waals surface area contributed by atoms with Crippen LogP contribution in [0, 0.1) is 6.92 Å². The highest BCUT2D eigenvalue weighted by Crippen LogP contribution is 2.23. The summed E-state index contributed by atoms with van der Waals surface area (Å²) >= 11 is 0. The lowest BCUT2D eigenvalue weighted by Crippen LogP contribution is -2.27. The lowest BCUT2D eigenvalue weighted by Gasteiger charge is -2.19. The second-order valence-electron chi connectivity index (χ2n) is 6.30. The van der Waals surface area contributed by atoms with Crippen LogP contribution in [0.1, 0.15) is 12.0 Å². The molecule has 0 radical (unpaired) electrons. The highest BCUT2D eigenvalue weighted by molar-refractivity contribution is 7.90. The number of nitrogens with two attached hydrogens (primary N) is 2. The van der Waals surface area contributed by atoms with Gasteiger partial charge < -0.3 is 21.0 Å². The summed E-state index contributed by atoms with van der Waals surface area (Å²) in [6, 6.07) is 12.1. The van der Waals surface area contributed by atoms with Crippen LogP contribution in [0.4, 0.5) is 0 Å². The van der Waals surface area contributed by atoms with Gasteiger partial charge in [0, 0.05) is 12.7 Å². The zero-order valence-electron chi connectivity index (χ0n) is 16.4. The lowest BCUT2D eigenvalue weighted by atomic mass is 10.2. The first-order valence-electron chi connectivity index (χ1n) is 8.65. The van der Waals surface area contributed by atoms with E-state index < -0.39 is 26.2 Å². The van der Waals surface area contributed by atoms with Crippen LogP contribution in [0.2, 0.25) is 0 Å². The van der Waals surface area contributed by atoms with Crippen LogP contribution in [0.5, 0.6) is 5.75 Å². The molecule has 1 atom stereocenters. The molecule has 0 saturated heterocycles. The van der Waals surface area contributed by atoms with Crippen molar-refractivity contribution in [3.8, 4) is 5.75 Å². The third-order valence-corrected chi connectivity index (χ3v) is 5.97. The number of rotatable bonds is 10. The van der Waals surface area contributed by atoms with E-state index in [4.69, 9.17) is 25.2 Å². The largest absolute Gasteiger partial charge is 0.464 e. The maximum absolute atomic E-state index is 12.8. The first-order valence-corrected chi connectivity index (χ1v) is 11.9. The molecule has 0 aliphatic heterocycles. The molecule has 0 spiro atoms. The molecule has 1 unspecified atom stereocenters. The number of guanidine groups is 1. The summed E-state index contributed by atoms with van der Waals surface area (Å²) in [5, 5.41) is 3.35. The number of aryl methyl sites for hydroxylation is 1. The maximum Gasteiger partial charge on any atom is 0.300 e. The van der Waals surface area contributed by atoms with E-state index in [1.54, 1.807) is 37.3 Å². The number of benzene rings is 2. The van der Waals surface area contributed by atoms with Crippen LogP contribution < -0.4 is 16.2 Å². The Morgan fingerprint density at radius 3 is 2.27 bits per heavy atom. The molecular weight excluding hydrogens is 434 g/mol. The molecule has 0 bridgehead atoms. The van der Waals surface area contributed by atoms with E-state index in [1.807, 2.05) is 0 Å². The summed E-state index contributed by atoms with van der Waals surface area (Å²) in [7, 11) is -7.99. The third-order valence-electron chi connectivity index (χ3n) is 3.60. The van der Waals surface area contributed by atoms with Crippen molar-refractivity contribution in [1.82, 2.24) is 0 Å². The second kappa shape index (κ2) is 9.78. The Morgan fingerprint density at radius 2 is 1.67 bits per heavy atom. The molecule has 2 rings (SSSR count). The minimum Gasteiger partial charge on any atom is -0.464 e. The Balaban J connectivity index is 2.28. The minimum absolute atomic E-state index is 0.0460. The number of hydrogen-bond acceptors (Lipinski definition) is 8. The van der Waals surface area contributed by atoms with Crippen molar-refractivity contribution < 1.29 is 30.6 Å². The van der Waals surface area contributed by atoms with Gasteiger partial charge in [-0.2, -0.15) is 8.42 Å². The van der Waals surface area contributed by atoms with Gasteiger partial charge in [-0.25, -0.2) is 12.6 Å². The van der Waals surface area contributed by atoms with E-state index in [0.717, 1.165) is 12.3 Å². The summed E-state index contributed by atoms with van der Waals surface area (Å²) in [4.78, 5) is 4.42. The van der Waals surface area contributed by atoms with Gasteiger partial charge in [-0.3, -0.25) is 0 Å². The summed E-state index contributed by atoms with van der Waals surface area (Å²) in [5.74, 6) is 0.0674. The van der Waals surface area contributed by atoms with Gasteiger partial charge in [0.15, 0.2) is 9.84 Å². The SMILES string of the molecule is Cc1cc(S(C)(=O)=O)cc(S(=O)(=O)OC(CCON=C(N)N)Oc2ccccc2)c1. The fourth-order valence-electron chi connectivity index (χ4n) is 2.32. The first-order chi connectivity index (χ1) is 14.0. The Morgan fingerprint density at radius 1 is 1.03 bits per heavy atom. The summed E-state index contributed by atoms with van der Waals surface area (Å²) in [6.07, 6.45) is -0.342. The number of nitrogens with zero attached hydrogens (tertiary/aromatic N) is 1. The third kappa shape index (κ3) is 7.21. The standard InChI is InChI=1S/C18H23N3O7S2/c1-13-10-15(29(2,22)23)12-16(11-13)30(24,25)28-17(8-9-26-21-18(19)20)27-14-6-4-3-5-7-14/h3-7,10-12,17H,8-9H2,1-2H3,(H4,19,20,21). The molecule has 0 heterocycles. The fraction of sp³-hybridized carbons (Fsp3) is 0.278. The van der Waals surface area contributed by atoms with Gasteiger partial charge >= 0.3 is 0 Å². The molecule has 0 aromatic heterocycles. The Hall–Kier alpha value is -2.83. The molecule has 0 aliphatic carbocycles. The highest BCUT2D eigenvalue weighted by Gasteiger charge is 2.25. The highest BCUT2D eigenvalue weighted by atomic mass is 32.2. The smallest absolute Gasteiger partial charge is 0.300 e. The van der Waals surface area contributed by atoms with Crippen LogP contribution >= 0.6 is 0 Å². The van der Waals surface area contributed by atoms with E-state index in [0.29, 0.717) is 11.3 Å². The Kier molecular flexibility index (Phi) is 7.65. The molecule has 164 valence electrons.